The van der Waals surface area contributed by atoms with Gasteiger partial charge < -0.3 is 16.2 Å². The number of primary amides is 1. The number of nitrogens with two attached hydrogens (primary N) is 1. The monoisotopic (exact) mass is 493 g/mol. The van der Waals surface area contributed by atoms with E-state index in [1.165, 1.54) is 12.3 Å². The highest BCUT2D eigenvalue weighted by atomic mass is 127. The molecule has 5 nitrogen and oxygen atoms in total. The van der Waals surface area contributed by atoms with E-state index in [2.05, 4.69) is 26.2 Å². The van der Waals surface area contributed by atoms with Crippen LogP contribution in [-0.2, 0) is 6.42 Å². The van der Waals surface area contributed by atoms with Crippen LogP contribution in [-0.4, -0.2) is 22.6 Å². The average molecular weight is 494 g/mol. The van der Waals surface area contributed by atoms with E-state index in [-0.39, 0.29) is 17.9 Å². The number of amides is 1. The van der Waals surface area contributed by atoms with Crippen molar-refractivity contribution in [2.45, 2.75) is 12.8 Å². The van der Waals surface area contributed by atoms with Crippen LogP contribution >= 0.6 is 38.5 Å². The number of benzene rings is 1. The van der Waals surface area contributed by atoms with Gasteiger partial charge in [-0.25, -0.2) is 9.37 Å². The van der Waals surface area contributed by atoms with E-state index < -0.39 is 11.7 Å². The predicted octanol–water partition coefficient (Wildman–Crippen LogP) is 3.36. The summed E-state index contributed by atoms with van der Waals surface area (Å²) in [5.74, 6) is -1.08. The summed E-state index contributed by atoms with van der Waals surface area (Å²) in [7, 11) is 0. The Balaban J connectivity index is 2.47. The van der Waals surface area contributed by atoms with Crippen LogP contribution in [0.25, 0.3) is 0 Å². The third-order valence-corrected chi connectivity index (χ3v) is 4.51. The van der Waals surface area contributed by atoms with Crippen LogP contribution in [0.4, 0.5) is 15.8 Å². The molecule has 0 aliphatic heterocycles. The summed E-state index contributed by atoms with van der Waals surface area (Å²) >= 11 is 5.30. The van der Waals surface area contributed by atoms with Crippen LogP contribution in [0.15, 0.2) is 29.0 Å². The van der Waals surface area contributed by atoms with E-state index in [0.29, 0.717) is 28.7 Å². The second kappa shape index (κ2) is 8.02. The summed E-state index contributed by atoms with van der Waals surface area (Å²) in [6.45, 7) is -0.0198. The minimum atomic E-state index is -0.644. The minimum Gasteiger partial charge on any atom is -0.396 e. The topological polar surface area (TPSA) is 88.2 Å². The second-order valence-corrected chi connectivity index (χ2v) is 6.75. The van der Waals surface area contributed by atoms with Crippen molar-refractivity contribution in [1.29, 1.82) is 0 Å². The number of aliphatic hydroxyl groups excluding tert-OH is 1. The van der Waals surface area contributed by atoms with Crippen LogP contribution in [0.5, 0.6) is 0 Å². The van der Waals surface area contributed by atoms with Gasteiger partial charge in [-0.1, -0.05) is 0 Å². The number of hydrogen-bond acceptors (Lipinski definition) is 4. The van der Waals surface area contributed by atoms with Crippen LogP contribution in [0, 0.1) is 9.39 Å². The summed E-state index contributed by atoms with van der Waals surface area (Å²) in [5, 5.41) is 11.9. The molecule has 1 aromatic heterocycles. The first kappa shape index (κ1) is 18.1. The lowest BCUT2D eigenvalue weighted by molar-refractivity contribution is 0.1000. The van der Waals surface area contributed by atoms with Crippen molar-refractivity contribution in [3.05, 3.63) is 49.5 Å². The molecule has 4 N–H and O–H groups in total. The summed E-state index contributed by atoms with van der Waals surface area (Å²) in [4.78, 5) is 16.0. The number of pyridine rings is 1. The zero-order valence-corrected chi connectivity index (χ0v) is 15.7. The molecular weight excluding hydrogens is 480 g/mol. The number of hydrogen-bond donors (Lipinski definition) is 3. The molecule has 0 unspecified atom stereocenters. The first-order valence-corrected chi connectivity index (χ1v) is 8.61. The number of rotatable bonds is 6. The molecule has 2 aromatic rings. The number of aromatic nitrogens is 1. The molecule has 0 radical (unpaired) electrons. The van der Waals surface area contributed by atoms with Gasteiger partial charge in [0.05, 0.1) is 23.1 Å². The summed E-state index contributed by atoms with van der Waals surface area (Å²) < 4.78 is 15.2. The van der Waals surface area contributed by atoms with Gasteiger partial charge in [0, 0.05) is 10.2 Å². The third-order valence-electron chi connectivity index (χ3n) is 3.16. The maximum atomic E-state index is 14.0. The maximum Gasteiger partial charge on any atom is 0.251 e. The fourth-order valence-electron chi connectivity index (χ4n) is 2.13. The van der Waals surface area contributed by atoms with E-state index in [9.17, 15) is 9.18 Å². The smallest absolute Gasteiger partial charge is 0.251 e. The van der Waals surface area contributed by atoms with E-state index >= 15 is 0 Å². The first-order chi connectivity index (χ1) is 10.9. The standard InChI is InChI=1S/C15H14BrFIN3O2/c16-14-9(2-1-5-22)13(15(19)23)12(7-20-14)21-11-4-3-8(18)6-10(11)17/h3-4,6-7,21-22H,1-2,5H2,(H2,19,23). The second-order valence-electron chi connectivity index (χ2n) is 4.76. The zero-order valence-electron chi connectivity index (χ0n) is 11.9. The van der Waals surface area contributed by atoms with E-state index in [4.69, 9.17) is 10.8 Å². The molecule has 1 heterocycles. The predicted molar refractivity (Wildman–Crippen MR) is 98.3 cm³/mol. The lowest BCUT2D eigenvalue weighted by Crippen LogP contribution is -2.17. The molecule has 0 aliphatic carbocycles. The van der Waals surface area contributed by atoms with Gasteiger partial charge in [0.25, 0.3) is 5.91 Å². The van der Waals surface area contributed by atoms with E-state index in [0.717, 1.165) is 3.57 Å². The summed E-state index contributed by atoms with van der Waals surface area (Å²) in [5.41, 5.74) is 6.86. The highest BCUT2D eigenvalue weighted by molar-refractivity contribution is 14.1. The molecule has 0 saturated carbocycles. The molecule has 1 aromatic carbocycles. The van der Waals surface area contributed by atoms with Gasteiger partial charge >= 0.3 is 0 Å². The van der Waals surface area contributed by atoms with Crippen molar-refractivity contribution < 1.29 is 14.3 Å². The average Bonchev–Trinajstić information content (AvgIpc) is 2.49. The normalized spacial score (nSPS) is 10.6. The van der Waals surface area contributed by atoms with Crippen LogP contribution in [0.1, 0.15) is 22.3 Å². The largest absolute Gasteiger partial charge is 0.396 e. The minimum absolute atomic E-state index is 0.0198. The van der Waals surface area contributed by atoms with Gasteiger partial charge in [0.15, 0.2) is 0 Å². The molecule has 2 rings (SSSR count). The molecule has 122 valence electrons. The van der Waals surface area contributed by atoms with E-state index in [1.54, 1.807) is 12.1 Å². The molecule has 0 aliphatic rings. The zero-order chi connectivity index (χ0) is 17.0. The molecule has 1 amide bonds. The Morgan fingerprint density at radius 2 is 2.17 bits per heavy atom. The van der Waals surface area contributed by atoms with Crippen molar-refractivity contribution in [3.63, 3.8) is 0 Å². The Hall–Kier alpha value is -1.26. The van der Waals surface area contributed by atoms with Gasteiger partial charge in [-0.3, -0.25) is 4.79 Å². The Labute approximate surface area is 154 Å². The van der Waals surface area contributed by atoms with Crippen LogP contribution in [0.3, 0.4) is 0 Å². The molecule has 0 atom stereocenters. The summed E-state index contributed by atoms with van der Waals surface area (Å²) in [6, 6.07) is 4.71. The first-order valence-electron chi connectivity index (χ1n) is 6.74. The fraction of sp³-hybridized carbons (Fsp3) is 0.200. The molecular formula is C15H14BrFIN3O2. The number of aliphatic hydroxyl groups is 1. The van der Waals surface area contributed by atoms with Gasteiger partial charge in [-0.2, -0.15) is 0 Å². The Morgan fingerprint density at radius 3 is 2.78 bits per heavy atom. The molecule has 23 heavy (non-hydrogen) atoms. The molecule has 0 fully saturated rings. The van der Waals surface area contributed by atoms with Crippen molar-refractivity contribution in [3.8, 4) is 0 Å². The van der Waals surface area contributed by atoms with Crippen molar-refractivity contribution in [2.75, 3.05) is 11.9 Å². The molecule has 0 bridgehead atoms. The van der Waals surface area contributed by atoms with Gasteiger partial charge in [0.2, 0.25) is 0 Å². The Morgan fingerprint density at radius 1 is 1.43 bits per heavy atom. The number of halogens is 3. The molecule has 8 heteroatoms. The number of anilines is 2. The highest BCUT2D eigenvalue weighted by Crippen LogP contribution is 2.29. The quantitative estimate of drug-likeness (QED) is 0.425. The van der Waals surface area contributed by atoms with Crippen molar-refractivity contribution >= 4 is 55.8 Å². The van der Waals surface area contributed by atoms with Gasteiger partial charge in [-0.05, 0) is 75.1 Å². The lowest BCUT2D eigenvalue weighted by atomic mass is 10.0. The van der Waals surface area contributed by atoms with Crippen molar-refractivity contribution in [1.82, 2.24) is 4.98 Å². The van der Waals surface area contributed by atoms with Crippen LogP contribution in [0.2, 0.25) is 0 Å². The van der Waals surface area contributed by atoms with Gasteiger partial charge in [-0.15, -0.1) is 0 Å². The SMILES string of the molecule is NC(=O)c1c(Nc2ccc(I)cc2F)cnc(Br)c1CCCO. The maximum absolute atomic E-state index is 14.0. The molecule has 0 saturated heterocycles. The fourth-order valence-corrected chi connectivity index (χ4v) is 3.08. The number of carbonyl (C=O) groups excluding carboxylic acids is 1. The van der Waals surface area contributed by atoms with E-state index in [1.807, 2.05) is 22.6 Å². The number of nitrogens with one attached hydrogen (secondary N) is 1. The molecule has 0 spiro atoms. The number of nitrogens with zero attached hydrogens (tertiary/aromatic N) is 1. The third kappa shape index (κ3) is 4.39. The summed E-state index contributed by atoms with van der Waals surface area (Å²) in [6.07, 6.45) is 2.30. The van der Waals surface area contributed by atoms with Crippen LogP contribution < -0.4 is 11.1 Å². The Kier molecular flexibility index (Phi) is 6.31. The number of carbonyl (C=O) groups is 1. The van der Waals surface area contributed by atoms with Crippen molar-refractivity contribution in [2.24, 2.45) is 5.73 Å². The Bertz CT molecular complexity index is 743. The lowest BCUT2D eigenvalue weighted by Gasteiger charge is -2.15. The highest BCUT2D eigenvalue weighted by Gasteiger charge is 2.18. The van der Waals surface area contributed by atoms with Gasteiger partial charge in [0.1, 0.15) is 10.4 Å².